The lowest BCUT2D eigenvalue weighted by Crippen LogP contribution is -2.51. The maximum Gasteiger partial charge on any atom is 0.122 e. The summed E-state index contributed by atoms with van der Waals surface area (Å²) in [4.78, 5) is 0. The summed E-state index contributed by atoms with van der Waals surface area (Å²) in [6.45, 7) is 0.692. The van der Waals surface area contributed by atoms with Crippen molar-refractivity contribution in [2.24, 2.45) is 23.5 Å². The molecule has 1 heterocycles. The Labute approximate surface area is 115 Å². The number of ether oxygens (including phenoxy) is 1. The van der Waals surface area contributed by atoms with E-state index in [9.17, 15) is 0 Å². The highest BCUT2D eigenvalue weighted by molar-refractivity contribution is 5.37. The summed E-state index contributed by atoms with van der Waals surface area (Å²) in [6.07, 6.45) is 7.95. The van der Waals surface area contributed by atoms with Gasteiger partial charge >= 0.3 is 0 Å². The minimum absolute atomic E-state index is 0.135. The first kappa shape index (κ1) is 11.8. The van der Waals surface area contributed by atoms with Gasteiger partial charge in [0.2, 0.25) is 0 Å². The summed E-state index contributed by atoms with van der Waals surface area (Å²) >= 11 is 0. The summed E-state index contributed by atoms with van der Waals surface area (Å²) < 4.78 is 5.90. The van der Waals surface area contributed by atoms with E-state index in [1.807, 2.05) is 6.07 Å². The van der Waals surface area contributed by atoms with Crippen LogP contribution in [0.25, 0.3) is 0 Å². The number of para-hydroxylation sites is 1. The van der Waals surface area contributed by atoms with Crippen LogP contribution in [0.15, 0.2) is 24.3 Å². The van der Waals surface area contributed by atoms with Crippen molar-refractivity contribution >= 4 is 0 Å². The van der Waals surface area contributed by atoms with Gasteiger partial charge in [0.25, 0.3) is 0 Å². The molecule has 4 atom stereocenters. The molecule has 2 heteroatoms. The minimum Gasteiger partial charge on any atom is -0.491 e. The topological polar surface area (TPSA) is 35.2 Å². The Balaban J connectivity index is 1.49. The minimum atomic E-state index is -0.135. The van der Waals surface area contributed by atoms with Crippen LogP contribution in [0.1, 0.15) is 37.7 Å². The van der Waals surface area contributed by atoms with E-state index in [0.717, 1.165) is 36.3 Å². The van der Waals surface area contributed by atoms with Crippen LogP contribution in [0.2, 0.25) is 0 Å². The number of hydrogen-bond donors (Lipinski definition) is 1. The second-order valence-electron chi connectivity index (χ2n) is 7.07. The Kier molecular flexibility index (Phi) is 2.63. The summed E-state index contributed by atoms with van der Waals surface area (Å²) in [7, 11) is 0. The van der Waals surface area contributed by atoms with E-state index in [1.165, 1.54) is 31.2 Å². The summed E-state index contributed by atoms with van der Waals surface area (Å²) in [6, 6.07) is 8.35. The second kappa shape index (κ2) is 4.24. The van der Waals surface area contributed by atoms with Crippen LogP contribution in [0.3, 0.4) is 0 Å². The maximum atomic E-state index is 6.66. The number of fused-ring (bicyclic) bond motifs is 3. The van der Waals surface area contributed by atoms with Crippen LogP contribution in [0, 0.1) is 17.8 Å². The molecule has 102 valence electrons. The lowest BCUT2D eigenvalue weighted by atomic mass is 9.76. The van der Waals surface area contributed by atoms with Crippen molar-refractivity contribution in [3.8, 4) is 5.75 Å². The van der Waals surface area contributed by atoms with Gasteiger partial charge in [0.05, 0.1) is 5.54 Å². The molecule has 0 saturated heterocycles. The Morgan fingerprint density at radius 1 is 1.21 bits per heavy atom. The smallest absolute Gasteiger partial charge is 0.122 e. The van der Waals surface area contributed by atoms with E-state index >= 15 is 0 Å². The molecule has 2 N–H and O–H groups in total. The Bertz CT molecular complexity index is 486. The lowest BCUT2D eigenvalue weighted by molar-refractivity contribution is 0.145. The van der Waals surface area contributed by atoms with Gasteiger partial charge < -0.3 is 10.5 Å². The Morgan fingerprint density at radius 3 is 2.89 bits per heavy atom. The molecule has 2 saturated carbocycles. The average Bonchev–Trinajstić information content (AvgIpc) is 3.00. The summed E-state index contributed by atoms with van der Waals surface area (Å²) in [5.41, 5.74) is 7.82. The van der Waals surface area contributed by atoms with Crippen molar-refractivity contribution < 1.29 is 4.74 Å². The van der Waals surface area contributed by atoms with Crippen molar-refractivity contribution in [2.75, 3.05) is 6.61 Å². The molecule has 2 fully saturated rings. The number of nitrogens with two attached hydrogens (primary N) is 1. The zero-order chi connectivity index (χ0) is 12.9. The molecule has 2 aliphatic carbocycles. The Morgan fingerprint density at radius 2 is 2.11 bits per heavy atom. The molecule has 19 heavy (non-hydrogen) atoms. The van der Waals surface area contributed by atoms with Crippen LogP contribution in [-0.4, -0.2) is 12.1 Å². The molecule has 4 rings (SSSR count). The highest BCUT2D eigenvalue weighted by Crippen LogP contribution is 2.51. The van der Waals surface area contributed by atoms with Crippen molar-refractivity contribution in [1.82, 2.24) is 0 Å². The molecular weight excluding hydrogens is 234 g/mol. The van der Waals surface area contributed by atoms with Crippen LogP contribution in [0.5, 0.6) is 5.75 Å². The molecule has 1 aliphatic heterocycles. The van der Waals surface area contributed by atoms with Gasteiger partial charge in [-0.3, -0.25) is 0 Å². The highest BCUT2D eigenvalue weighted by Gasteiger charge is 2.43. The highest BCUT2D eigenvalue weighted by atomic mass is 16.5. The van der Waals surface area contributed by atoms with Gasteiger partial charge in [0.15, 0.2) is 0 Å². The van der Waals surface area contributed by atoms with Crippen molar-refractivity contribution in [2.45, 2.75) is 44.1 Å². The molecule has 0 amide bonds. The molecule has 3 aliphatic rings. The fourth-order valence-electron chi connectivity index (χ4n) is 4.72. The van der Waals surface area contributed by atoms with Crippen LogP contribution < -0.4 is 10.5 Å². The monoisotopic (exact) mass is 257 g/mol. The lowest BCUT2D eigenvalue weighted by Gasteiger charge is -2.38. The molecule has 0 spiro atoms. The van der Waals surface area contributed by atoms with Crippen molar-refractivity contribution in [3.63, 3.8) is 0 Å². The molecule has 1 aromatic carbocycles. The molecule has 2 nitrogen and oxygen atoms in total. The van der Waals surface area contributed by atoms with Crippen LogP contribution in [0.4, 0.5) is 0 Å². The van der Waals surface area contributed by atoms with Gasteiger partial charge in [-0.2, -0.15) is 0 Å². The summed E-state index contributed by atoms with van der Waals surface area (Å²) in [5.74, 6) is 3.87. The fraction of sp³-hybridized carbons (Fsp3) is 0.647. The molecule has 2 bridgehead atoms. The standard InChI is InChI=1S/C17H23NO/c18-17(10-15-8-12-5-6-13(15)7-12)9-14-3-1-2-4-16(14)19-11-17/h1-4,12-13,15H,5-11,18H2. The van der Waals surface area contributed by atoms with Gasteiger partial charge in [-0.25, -0.2) is 0 Å². The normalized spacial score (nSPS) is 39.9. The third-order valence-corrected chi connectivity index (χ3v) is 5.58. The van der Waals surface area contributed by atoms with Gasteiger partial charge in [0.1, 0.15) is 12.4 Å². The third-order valence-electron chi connectivity index (χ3n) is 5.58. The number of rotatable bonds is 2. The Hall–Kier alpha value is -1.02. The maximum absolute atomic E-state index is 6.66. The van der Waals surface area contributed by atoms with Gasteiger partial charge in [-0.05, 0) is 61.5 Å². The molecule has 4 unspecified atom stereocenters. The first-order valence-corrected chi connectivity index (χ1v) is 7.71. The average molecular weight is 257 g/mol. The third kappa shape index (κ3) is 2.06. The molecular formula is C17H23NO. The molecule has 0 radical (unpaired) electrons. The van der Waals surface area contributed by atoms with E-state index < -0.39 is 0 Å². The first-order chi connectivity index (χ1) is 9.22. The van der Waals surface area contributed by atoms with E-state index in [0.29, 0.717) is 6.61 Å². The van der Waals surface area contributed by atoms with E-state index in [1.54, 1.807) is 0 Å². The summed E-state index contributed by atoms with van der Waals surface area (Å²) in [5, 5.41) is 0. The van der Waals surface area contributed by atoms with E-state index in [4.69, 9.17) is 10.5 Å². The largest absolute Gasteiger partial charge is 0.491 e. The first-order valence-electron chi connectivity index (χ1n) is 7.71. The van der Waals surface area contributed by atoms with Crippen molar-refractivity contribution in [1.29, 1.82) is 0 Å². The molecule has 1 aromatic rings. The van der Waals surface area contributed by atoms with Gasteiger partial charge in [-0.1, -0.05) is 24.6 Å². The predicted molar refractivity (Wildman–Crippen MR) is 76.1 cm³/mol. The molecule has 0 aromatic heterocycles. The quantitative estimate of drug-likeness (QED) is 0.883. The van der Waals surface area contributed by atoms with Gasteiger partial charge in [-0.15, -0.1) is 0 Å². The van der Waals surface area contributed by atoms with Crippen LogP contribution in [-0.2, 0) is 6.42 Å². The van der Waals surface area contributed by atoms with Gasteiger partial charge in [0, 0.05) is 0 Å². The second-order valence-corrected chi connectivity index (χ2v) is 7.07. The number of benzene rings is 1. The SMILES string of the molecule is NC1(CC2CC3CCC2C3)COc2ccccc2C1. The zero-order valence-corrected chi connectivity index (χ0v) is 11.5. The van der Waals surface area contributed by atoms with Crippen LogP contribution >= 0.6 is 0 Å². The van der Waals surface area contributed by atoms with E-state index in [2.05, 4.69) is 18.2 Å². The fourth-order valence-corrected chi connectivity index (χ4v) is 4.72. The predicted octanol–water partition coefficient (Wildman–Crippen LogP) is 3.15. The van der Waals surface area contributed by atoms with Crippen molar-refractivity contribution in [3.05, 3.63) is 29.8 Å². The van der Waals surface area contributed by atoms with E-state index in [-0.39, 0.29) is 5.54 Å². The zero-order valence-electron chi connectivity index (χ0n) is 11.5. The number of hydrogen-bond acceptors (Lipinski definition) is 2.